The van der Waals surface area contributed by atoms with Gasteiger partial charge in [-0.3, -0.25) is 9.69 Å². The van der Waals surface area contributed by atoms with Gasteiger partial charge in [-0.05, 0) is 30.7 Å². The van der Waals surface area contributed by atoms with Crippen molar-refractivity contribution in [1.82, 2.24) is 20.1 Å². The number of hydrogen-bond acceptors (Lipinski definition) is 5. The number of aromatic nitrogens is 1. The van der Waals surface area contributed by atoms with Crippen molar-refractivity contribution in [1.29, 1.82) is 0 Å². The van der Waals surface area contributed by atoms with E-state index >= 15 is 0 Å². The Kier molecular flexibility index (Phi) is 7.15. The quantitative estimate of drug-likeness (QED) is 0.746. The zero-order valence-electron chi connectivity index (χ0n) is 16.1. The Morgan fingerprint density at radius 3 is 2.56 bits per heavy atom. The lowest BCUT2D eigenvalue weighted by Crippen LogP contribution is -2.45. The second kappa shape index (κ2) is 9.78. The van der Waals surface area contributed by atoms with Crippen molar-refractivity contribution in [2.24, 2.45) is 0 Å². The van der Waals surface area contributed by atoms with Crippen molar-refractivity contribution in [3.8, 4) is 0 Å². The Bertz CT molecular complexity index is 778. The van der Waals surface area contributed by atoms with Crippen LogP contribution in [0, 0.1) is 6.92 Å². The minimum Gasteiger partial charge on any atom is -0.348 e. The van der Waals surface area contributed by atoms with Crippen LogP contribution >= 0.6 is 11.3 Å². The molecule has 0 saturated carbocycles. The van der Waals surface area contributed by atoms with Crippen molar-refractivity contribution >= 4 is 23.3 Å². The molecule has 0 unspecified atom stereocenters. The summed E-state index contributed by atoms with van der Waals surface area (Å²) in [7, 11) is 0. The number of carbonyl (C=O) groups is 1. The molecule has 2 heterocycles. The van der Waals surface area contributed by atoms with Crippen molar-refractivity contribution in [3.05, 3.63) is 57.6 Å². The number of aryl methyl sites for hydroxylation is 1. The van der Waals surface area contributed by atoms with E-state index in [0.717, 1.165) is 50.0 Å². The molecule has 1 fully saturated rings. The molecule has 27 heavy (non-hydrogen) atoms. The fourth-order valence-corrected chi connectivity index (χ4v) is 3.83. The summed E-state index contributed by atoms with van der Waals surface area (Å²) >= 11 is 1.58. The van der Waals surface area contributed by atoms with Gasteiger partial charge < -0.3 is 10.2 Å². The normalized spacial score (nSPS) is 16.1. The highest BCUT2D eigenvalue weighted by atomic mass is 32.1. The lowest BCUT2D eigenvalue weighted by molar-refractivity contribution is -0.116. The standard InChI is InChI=1S/C21H28N4OS/c1-3-24-10-12-25(13-11-24)15-19-7-5-4-6-18(19)14-22-21(26)9-8-20-16-27-17(2)23-20/h4-9,16H,3,10-15H2,1-2H3,(H,22,26)/b9-8+. The zero-order valence-corrected chi connectivity index (χ0v) is 17.0. The predicted octanol–water partition coefficient (Wildman–Crippen LogP) is 2.92. The minimum absolute atomic E-state index is 0.0907. The van der Waals surface area contributed by atoms with Gasteiger partial charge in [0.25, 0.3) is 0 Å². The number of likely N-dealkylation sites (N-methyl/N-ethyl adjacent to an activating group) is 1. The summed E-state index contributed by atoms with van der Waals surface area (Å²) in [5.74, 6) is -0.0907. The summed E-state index contributed by atoms with van der Waals surface area (Å²) < 4.78 is 0. The highest BCUT2D eigenvalue weighted by Gasteiger charge is 2.16. The van der Waals surface area contributed by atoms with Crippen LogP contribution in [-0.2, 0) is 17.9 Å². The van der Waals surface area contributed by atoms with Gasteiger partial charge in [0, 0.05) is 50.7 Å². The first-order valence-electron chi connectivity index (χ1n) is 9.53. The van der Waals surface area contributed by atoms with Gasteiger partial charge in [0.05, 0.1) is 10.7 Å². The maximum absolute atomic E-state index is 12.1. The summed E-state index contributed by atoms with van der Waals surface area (Å²) in [5.41, 5.74) is 3.31. The van der Waals surface area contributed by atoms with E-state index in [1.54, 1.807) is 23.5 Å². The van der Waals surface area contributed by atoms with Gasteiger partial charge >= 0.3 is 0 Å². The Morgan fingerprint density at radius 2 is 1.89 bits per heavy atom. The average Bonchev–Trinajstić information content (AvgIpc) is 3.11. The number of piperazine rings is 1. The molecule has 2 aromatic rings. The SMILES string of the molecule is CCN1CCN(Cc2ccccc2CNC(=O)/C=C/c2csc(C)n2)CC1. The Hall–Kier alpha value is -2.02. The number of amides is 1. The van der Waals surface area contributed by atoms with Crippen LogP contribution in [0.1, 0.15) is 28.8 Å². The third-order valence-corrected chi connectivity index (χ3v) is 5.71. The fraction of sp³-hybridized carbons (Fsp3) is 0.429. The van der Waals surface area contributed by atoms with Crippen molar-refractivity contribution < 1.29 is 4.79 Å². The molecule has 0 spiro atoms. The molecular weight excluding hydrogens is 356 g/mol. The Labute approximate surface area is 165 Å². The van der Waals surface area contributed by atoms with Gasteiger partial charge in [-0.2, -0.15) is 0 Å². The van der Waals surface area contributed by atoms with E-state index in [0.29, 0.717) is 6.54 Å². The van der Waals surface area contributed by atoms with Crippen LogP contribution in [0.2, 0.25) is 0 Å². The largest absolute Gasteiger partial charge is 0.348 e. The second-order valence-electron chi connectivity index (χ2n) is 6.82. The third-order valence-electron chi connectivity index (χ3n) is 4.92. The van der Waals surface area contributed by atoms with E-state index in [2.05, 4.69) is 45.2 Å². The van der Waals surface area contributed by atoms with E-state index in [1.165, 1.54) is 11.1 Å². The molecule has 6 heteroatoms. The van der Waals surface area contributed by atoms with Crippen molar-refractivity contribution in [2.45, 2.75) is 26.9 Å². The first-order valence-corrected chi connectivity index (χ1v) is 10.4. The predicted molar refractivity (Wildman–Crippen MR) is 112 cm³/mol. The van der Waals surface area contributed by atoms with Crippen molar-refractivity contribution in [3.63, 3.8) is 0 Å². The molecule has 1 N–H and O–H groups in total. The Balaban J connectivity index is 1.53. The number of nitrogens with zero attached hydrogens (tertiary/aromatic N) is 3. The molecule has 1 saturated heterocycles. The van der Waals surface area contributed by atoms with Crippen molar-refractivity contribution in [2.75, 3.05) is 32.7 Å². The smallest absolute Gasteiger partial charge is 0.244 e. The number of nitrogens with one attached hydrogen (secondary N) is 1. The molecule has 144 valence electrons. The average molecular weight is 385 g/mol. The molecule has 1 amide bonds. The van der Waals surface area contributed by atoms with Crippen LogP contribution in [0.15, 0.2) is 35.7 Å². The lowest BCUT2D eigenvalue weighted by atomic mass is 10.1. The lowest BCUT2D eigenvalue weighted by Gasteiger charge is -2.34. The Morgan fingerprint density at radius 1 is 1.19 bits per heavy atom. The molecule has 0 atom stereocenters. The fourth-order valence-electron chi connectivity index (χ4n) is 3.25. The van der Waals surface area contributed by atoms with E-state index < -0.39 is 0 Å². The molecule has 1 aromatic carbocycles. The highest BCUT2D eigenvalue weighted by molar-refractivity contribution is 7.09. The van der Waals surface area contributed by atoms with Gasteiger partial charge in [-0.1, -0.05) is 31.2 Å². The number of hydrogen-bond donors (Lipinski definition) is 1. The minimum atomic E-state index is -0.0907. The van der Waals surface area contributed by atoms with Gasteiger partial charge in [-0.15, -0.1) is 11.3 Å². The van der Waals surface area contributed by atoms with E-state index in [4.69, 9.17) is 0 Å². The van der Waals surface area contributed by atoms with Gasteiger partial charge in [0.15, 0.2) is 0 Å². The van der Waals surface area contributed by atoms with Crippen LogP contribution in [0.4, 0.5) is 0 Å². The molecule has 0 radical (unpaired) electrons. The monoisotopic (exact) mass is 384 g/mol. The molecular formula is C21H28N4OS. The first kappa shape index (κ1) is 19.7. The summed E-state index contributed by atoms with van der Waals surface area (Å²) in [6.07, 6.45) is 3.32. The number of rotatable bonds is 7. The maximum Gasteiger partial charge on any atom is 0.244 e. The molecule has 0 bridgehead atoms. The van der Waals surface area contributed by atoms with E-state index in [-0.39, 0.29) is 5.91 Å². The van der Waals surface area contributed by atoms with Crippen LogP contribution in [0.5, 0.6) is 0 Å². The first-order chi connectivity index (χ1) is 13.1. The number of benzene rings is 1. The van der Waals surface area contributed by atoms with E-state index in [1.807, 2.05) is 18.4 Å². The van der Waals surface area contributed by atoms with Gasteiger partial charge in [0.1, 0.15) is 0 Å². The molecule has 5 nitrogen and oxygen atoms in total. The van der Waals surface area contributed by atoms with Crippen LogP contribution in [0.25, 0.3) is 6.08 Å². The summed E-state index contributed by atoms with van der Waals surface area (Å²) in [5, 5.41) is 5.95. The highest BCUT2D eigenvalue weighted by Crippen LogP contribution is 2.14. The zero-order chi connectivity index (χ0) is 19.1. The summed E-state index contributed by atoms with van der Waals surface area (Å²) in [6.45, 7) is 11.3. The molecule has 3 rings (SSSR count). The van der Waals surface area contributed by atoms with Gasteiger partial charge in [0.2, 0.25) is 5.91 Å². The molecule has 1 aromatic heterocycles. The molecule has 0 aliphatic carbocycles. The molecule has 1 aliphatic heterocycles. The number of carbonyl (C=O) groups excluding carboxylic acids is 1. The summed E-state index contributed by atoms with van der Waals surface area (Å²) in [4.78, 5) is 21.4. The van der Waals surface area contributed by atoms with E-state index in [9.17, 15) is 4.79 Å². The third kappa shape index (κ3) is 5.99. The van der Waals surface area contributed by atoms with Crippen LogP contribution < -0.4 is 5.32 Å². The number of thiazole rings is 1. The van der Waals surface area contributed by atoms with Crippen LogP contribution in [0.3, 0.4) is 0 Å². The second-order valence-corrected chi connectivity index (χ2v) is 7.88. The summed E-state index contributed by atoms with van der Waals surface area (Å²) in [6, 6.07) is 8.38. The maximum atomic E-state index is 12.1. The van der Waals surface area contributed by atoms with Crippen LogP contribution in [-0.4, -0.2) is 53.4 Å². The topological polar surface area (TPSA) is 48.5 Å². The van der Waals surface area contributed by atoms with Gasteiger partial charge in [-0.25, -0.2) is 4.98 Å². The molecule has 1 aliphatic rings.